The molecule has 0 amide bonds. The van der Waals surface area contributed by atoms with Crippen molar-refractivity contribution >= 4 is 11.8 Å². The van der Waals surface area contributed by atoms with Crippen molar-refractivity contribution in [2.24, 2.45) is 0 Å². The molecule has 90 valence electrons. The summed E-state index contributed by atoms with van der Waals surface area (Å²) in [5, 5.41) is 11.3. The molecule has 1 fully saturated rings. The van der Waals surface area contributed by atoms with Crippen LogP contribution in [0.15, 0.2) is 9.95 Å². The first-order chi connectivity index (χ1) is 7.68. The molecule has 1 aliphatic heterocycles. The summed E-state index contributed by atoms with van der Waals surface area (Å²) in [6.07, 6.45) is 2.39. The predicted molar refractivity (Wildman–Crippen MR) is 65.0 cm³/mol. The Labute approximate surface area is 99.0 Å². The van der Waals surface area contributed by atoms with Gasteiger partial charge in [0.25, 0.3) is 0 Å². The average Bonchev–Trinajstić information content (AvgIpc) is 2.61. The Morgan fingerprint density at radius 2 is 2.38 bits per heavy atom. The largest absolute Gasteiger partial charge is 0.344 e. The second-order valence-electron chi connectivity index (χ2n) is 4.36. The number of hydrogen-bond donors (Lipinski definition) is 2. The van der Waals surface area contributed by atoms with E-state index < -0.39 is 0 Å². The molecule has 0 bridgehead atoms. The average molecular weight is 242 g/mol. The highest BCUT2D eigenvalue weighted by Gasteiger charge is 2.19. The third-order valence-corrected chi connectivity index (χ3v) is 3.95. The number of nitrogens with one attached hydrogen (secondary N) is 2. The van der Waals surface area contributed by atoms with Gasteiger partial charge < -0.3 is 5.32 Å². The Bertz CT molecular complexity index is 392. The summed E-state index contributed by atoms with van der Waals surface area (Å²) >= 11 is 1.70. The van der Waals surface area contributed by atoms with E-state index in [1.807, 2.05) is 13.8 Å². The van der Waals surface area contributed by atoms with Crippen molar-refractivity contribution < 1.29 is 0 Å². The number of piperidine rings is 1. The van der Waals surface area contributed by atoms with Crippen LogP contribution in [0.3, 0.4) is 0 Å². The van der Waals surface area contributed by atoms with Gasteiger partial charge in [-0.3, -0.25) is 4.57 Å². The first-order valence-corrected chi connectivity index (χ1v) is 6.60. The summed E-state index contributed by atoms with van der Waals surface area (Å²) in [5.74, 6) is 0. The number of rotatable bonds is 3. The van der Waals surface area contributed by atoms with Crippen molar-refractivity contribution in [3.05, 3.63) is 10.5 Å². The van der Waals surface area contributed by atoms with Gasteiger partial charge in [0.1, 0.15) is 0 Å². The van der Waals surface area contributed by atoms with Gasteiger partial charge in [0, 0.05) is 17.8 Å². The van der Waals surface area contributed by atoms with Gasteiger partial charge in [-0.2, -0.15) is 0 Å². The molecule has 16 heavy (non-hydrogen) atoms. The Morgan fingerprint density at radius 1 is 1.56 bits per heavy atom. The number of hydrogen-bond acceptors (Lipinski definition) is 4. The monoisotopic (exact) mass is 242 g/mol. The summed E-state index contributed by atoms with van der Waals surface area (Å²) in [5.41, 5.74) is -0.110. The van der Waals surface area contributed by atoms with E-state index in [-0.39, 0.29) is 11.7 Å². The van der Waals surface area contributed by atoms with E-state index in [9.17, 15) is 4.79 Å². The van der Waals surface area contributed by atoms with Crippen LogP contribution in [0, 0.1) is 0 Å². The van der Waals surface area contributed by atoms with Crippen LogP contribution in [0.5, 0.6) is 0 Å². The zero-order valence-corrected chi connectivity index (χ0v) is 10.5. The van der Waals surface area contributed by atoms with Crippen molar-refractivity contribution in [2.75, 3.05) is 13.1 Å². The summed E-state index contributed by atoms with van der Waals surface area (Å²) < 4.78 is 1.72. The quantitative estimate of drug-likeness (QED) is 0.830. The SMILES string of the molecule is CC(C)n1c(SC2CCCNC2)n[nH]c1=O. The molecule has 1 saturated heterocycles. The standard InChI is InChI=1S/C10H18N4OS/c1-7(2)14-9(15)12-13-10(14)16-8-4-3-5-11-6-8/h7-8,11H,3-6H2,1-2H3,(H,12,15). The van der Waals surface area contributed by atoms with Gasteiger partial charge in [0.15, 0.2) is 5.16 Å². The number of H-pyrrole nitrogens is 1. The molecule has 0 saturated carbocycles. The fourth-order valence-electron chi connectivity index (χ4n) is 1.90. The van der Waals surface area contributed by atoms with Crippen molar-refractivity contribution in [2.45, 2.75) is 43.1 Å². The van der Waals surface area contributed by atoms with Crippen LogP contribution in [-0.2, 0) is 0 Å². The summed E-state index contributed by atoms with van der Waals surface area (Å²) in [6.45, 7) is 6.11. The first-order valence-electron chi connectivity index (χ1n) is 5.72. The molecule has 0 radical (unpaired) electrons. The number of nitrogens with zero attached hydrogens (tertiary/aromatic N) is 2. The highest BCUT2D eigenvalue weighted by molar-refractivity contribution is 7.99. The second kappa shape index (κ2) is 5.05. The normalized spacial score (nSPS) is 21.6. The van der Waals surface area contributed by atoms with Crippen LogP contribution in [0.2, 0.25) is 0 Å². The van der Waals surface area contributed by atoms with E-state index in [4.69, 9.17) is 0 Å². The molecule has 6 heteroatoms. The topological polar surface area (TPSA) is 62.7 Å². The minimum Gasteiger partial charge on any atom is -0.316 e. The fourth-order valence-corrected chi connectivity index (χ4v) is 3.19. The lowest BCUT2D eigenvalue weighted by Crippen LogP contribution is -2.32. The lowest BCUT2D eigenvalue weighted by molar-refractivity contribution is 0.517. The lowest BCUT2D eigenvalue weighted by Gasteiger charge is -2.22. The molecule has 2 heterocycles. The van der Waals surface area contributed by atoms with Gasteiger partial charge in [-0.05, 0) is 33.2 Å². The molecule has 5 nitrogen and oxygen atoms in total. The van der Waals surface area contributed by atoms with Gasteiger partial charge in [0.05, 0.1) is 0 Å². The van der Waals surface area contributed by atoms with Gasteiger partial charge in [0.2, 0.25) is 0 Å². The number of thioether (sulfide) groups is 1. The molecule has 2 rings (SSSR count). The molecule has 0 aliphatic carbocycles. The maximum absolute atomic E-state index is 11.5. The van der Waals surface area contributed by atoms with Crippen molar-refractivity contribution in [3.63, 3.8) is 0 Å². The van der Waals surface area contributed by atoms with E-state index in [1.54, 1.807) is 16.3 Å². The zero-order chi connectivity index (χ0) is 11.5. The molecule has 1 atom stereocenters. The molecule has 2 N–H and O–H groups in total. The molecule has 1 aliphatic rings. The third kappa shape index (κ3) is 2.49. The summed E-state index contributed by atoms with van der Waals surface area (Å²) in [7, 11) is 0. The first kappa shape index (κ1) is 11.7. The van der Waals surface area contributed by atoms with Crippen LogP contribution in [0.1, 0.15) is 32.7 Å². The van der Waals surface area contributed by atoms with Gasteiger partial charge in [-0.1, -0.05) is 11.8 Å². The Morgan fingerprint density at radius 3 is 3.00 bits per heavy atom. The van der Waals surface area contributed by atoms with E-state index in [2.05, 4.69) is 15.5 Å². The van der Waals surface area contributed by atoms with E-state index in [0.29, 0.717) is 5.25 Å². The van der Waals surface area contributed by atoms with Crippen LogP contribution in [-0.4, -0.2) is 33.1 Å². The van der Waals surface area contributed by atoms with Crippen LogP contribution < -0.4 is 11.0 Å². The maximum Gasteiger partial charge on any atom is 0.344 e. The Kier molecular flexibility index (Phi) is 3.70. The Balaban J connectivity index is 2.11. The number of aromatic nitrogens is 3. The molecule has 0 spiro atoms. The highest BCUT2D eigenvalue weighted by Crippen LogP contribution is 2.26. The van der Waals surface area contributed by atoms with Crippen LogP contribution in [0.25, 0.3) is 0 Å². The summed E-state index contributed by atoms with van der Waals surface area (Å²) in [4.78, 5) is 11.5. The van der Waals surface area contributed by atoms with Crippen molar-refractivity contribution in [1.29, 1.82) is 0 Å². The summed E-state index contributed by atoms with van der Waals surface area (Å²) in [6, 6.07) is 0.158. The second-order valence-corrected chi connectivity index (χ2v) is 5.63. The predicted octanol–water partition coefficient (Wildman–Crippen LogP) is 0.996. The lowest BCUT2D eigenvalue weighted by atomic mass is 10.2. The van der Waals surface area contributed by atoms with Gasteiger partial charge in [-0.15, -0.1) is 5.10 Å². The highest BCUT2D eigenvalue weighted by atomic mass is 32.2. The smallest absolute Gasteiger partial charge is 0.316 e. The van der Waals surface area contributed by atoms with E-state index in [1.165, 1.54) is 12.8 Å². The van der Waals surface area contributed by atoms with Crippen LogP contribution in [0.4, 0.5) is 0 Å². The zero-order valence-electron chi connectivity index (χ0n) is 9.69. The maximum atomic E-state index is 11.5. The Hall–Kier alpha value is -0.750. The number of aromatic amines is 1. The molecular weight excluding hydrogens is 224 g/mol. The van der Waals surface area contributed by atoms with Crippen LogP contribution >= 0.6 is 11.8 Å². The van der Waals surface area contributed by atoms with Crippen molar-refractivity contribution in [3.8, 4) is 0 Å². The van der Waals surface area contributed by atoms with E-state index in [0.717, 1.165) is 18.2 Å². The van der Waals surface area contributed by atoms with Crippen molar-refractivity contribution in [1.82, 2.24) is 20.1 Å². The fraction of sp³-hybridized carbons (Fsp3) is 0.800. The minimum absolute atomic E-state index is 0.110. The third-order valence-electron chi connectivity index (χ3n) is 2.71. The van der Waals surface area contributed by atoms with Gasteiger partial charge >= 0.3 is 5.69 Å². The molecule has 1 aromatic rings. The molecular formula is C10H18N4OS. The molecule has 0 aromatic carbocycles. The molecule has 1 aromatic heterocycles. The molecule has 1 unspecified atom stereocenters. The van der Waals surface area contributed by atoms with Gasteiger partial charge in [-0.25, -0.2) is 9.89 Å². The minimum atomic E-state index is -0.110. The van der Waals surface area contributed by atoms with E-state index >= 15 is 0 Å².